The Balaban J connectivity index is 0.000000720. The zero-order valence-corrected chi connectivity index (χ0v) is 8.81. The molecule has 2 rings (SSSR count). The van der Waals surface area contributed by atoms with Crippen LogP contribution in [0.25, 0.3) is 0 Å². The Labute approximate surface area is 85.1 Å². The van der Waals surface area contributed by atoms with Crippen molar-refractivity contribution in [2.45, 2.75) is 25.4 Å². The first-order valence-corrected chi connectivity index (χ1v) is 4.40. The molecule has 0 aliphatic carbocycles. The zero-order chi connectivity index (χ0) is 7.84. The second kappa shape index (κ2) is 3.72. The van der Waals surface area contributed by atoms with Gasteiger partial charge in [0.2, 0.25) is 4.73 Å². The molecule has 1 aliphatic rings. The predicted octanol–water partition coefficient (Wildman–Crippen LogP) is 0.736. The second-order valence-corrected chi connectivity index (χ2v) is 3.48. The van der Waals surface area contributed by atoms with Gasteiger partial charge in [0.05, 0.1) is 0 Å². The van der Waals surface area contributed by atoms with E-state index in [1.807, 2.05) is 4.68 Å². The van der Waals surface area contributed by atoms with Crippen LogP contribution in [0.4, 0.5) is 0 Å². The first-order chi connectivity index (χ1) is 5.25. The van der Waals surface area contributed by atoms with E-state index < -0.39 is 0 Å². The third kappa shape index (κ3) is 1.78. The van der Waals surface area contributed by atoms with Gasteiger partial charge < -0.3 is 5.73 Å². The summed E-state index contributed by atoms with van der Waals surface area (Å²) in [7, 11) is 0. The first kappa shape index (κ1) is 9.95. The number of halogens is 2. The van der Waals surface area contributed by atoms with Crippen LogP contribution in [0.3, 0.4) is 0 Å². The van der Waals surface area contributed by atoms with E-state index in [9.17, 15) is 0 Å². The Kier molecular flexibility index (Phi) is 3.09. The van der Waals surface area contributed by atoms with Crippen LogP contribution in [0.2, 0.25) is 0 Å². The van der Waals surface area contributed by atoms with Crippen molar-refractivity contribution in [3.8, 4) is 0 Å². The number of aromatic nitrogens is 3. The van der Waals surface area contributed by atoms with Gasteiger partial charge in [0.25, 0.3) is 0 Å². The molecule has 68 valence electrons. The Morgan fingerprint density at radius 2 is 2.33 bits per heavy atom. The highest BCUT2D eigenvalue weighted by Gasteiger charge is 2.17. The molecule has 0 amide bonds. The molecule has 1 aromatic heterocycles. The number of hydrogen-bond donors (Lipinski definition) is 1. The number of nitrogens with two attached hydrogens (primary N) is 1. The maximum absolute atomic E-state index is 5.76. The van der Waals surface area contributed by atoms with E-state index in [1.165, 1.54) is 0 Å². The molecule has 1 aliphatic heterocycles. The summed E-state index contributed by atoms with van der Waals surface area (Å²) in [6, 6.07) is 0.263. The van der Waals surface area contributed by atoms with E-state index in [0.29, 0.717) is 4.73 Å². The molecule has 0 bridgehead atoms. The lowest BCUT2D eigenvalue weighted by Gasteiger charge is -2.17. The third-order valence-corrected chi connectivity index (χ3v) is 2.21. The molecular weight excluding hydrogens is 243 g/mol. The molecule has 1 aromatic rings. The summed E-state index contributed by atoms with van der Waals surface area (Å²) in [4.78, 5) is 4.19. The fourth-order valence-electron chi connectivity index (χ4n) is 1.30. The van der Waals surface area contributed by atoms with Crippen molar-refractivity contribution in [3.63, 3.8) is 0 Å². The highest BCUT2D eigenvalue weighted by Crippen LogP contribution is 2.13. The van der Waals surface area contributed by atoms with Crippen molar-refractivity contribution in [1.29, 1.82) is 0 Å². The minimum atomic E-state index is 0. The minimum absolute atomic E-state index is 0. The van der Waals surface area contributed by atoms with Crippen molar-refractivity contribution in [1.82, 2.24) is 14.8 Å². The van der Waals surface area contributed by atoms with Crippen molar-refractivity contribution < 1.29 is 0 Å². The van der Waals surface area contributed by atoms with Crippen LogP contribution in [0.5, 0.6) is 0 Å². The second-order valence-electron chi connectivity index (χ2n) is 2.77. The van der Waals surface area contributed by atoms with E-state index in [4.69, 9.17) is 5.73 Å². The average Bonchev–Trinajstić information content (AvgIpc) is 2.27. The minimum Gasteiger partial charge on any atom is -0.327 e. The molecular formula is C6H10BrClN4. The van der Waals surface area contributed by atoms with E-state index in [1.54, 1.807) is 0 Å². The van der Waals surface area contributed by atoms with E-state index in [-0.39, 0.29) is 18.4 Å². The van der Waals surface area contributed by atoms with Crippen LogP contribution >= 0.6 is 28.3 Å². The molecule has 0 saturated heterocycles. The van der Waals surface area contributed by atoms with Gasteiger partial charge in [-0.15, -0.1) is 17.5 Å². The Bertz CT molecular complexity index is 275. The molecule has 4 nitrogen and oxygen atoms in total. The SMILES string of the molecule is Cl.NC1CCn2nc(Br)nc2C1. The molecule has 0 spiro atoms. The summed E-state index contributed by atoms with van der Waals surface area (Å²) >= 11 is 3.23. The maximum Gasteiger partial charge on any atom is 0.217 e. The molecule has 1 unspecified atom stereocenters. The first-order valence-electron chi connectivity index (χ1n) is 3.60. The van der Waals surface area contributed by atoms with Crippen LogP contribution in [0.1, 0.15) is 12.2 Å². The van der Waals surface area contributed by atoms with Crippen molar-refractivity contribution in [2.75, 3.05) is 0 Å². The third-order valence-electron chi connectivity index (χ3n) is 1.88. The molecule has 0 aromatic carbocycles. The Hall–Kier alpha value is -0.130. The van der Waals surface area contributed by atoms with Gasteiger partial charge in [0, 0.05) is 19.0 Å². The number of hydrogen-bond acceptors (Lipinski definition) is 3. The number of rotatable bonds is 0. The summed E-state index contributed by atoms with van der Waals surface area (Å²) in [6.07, 6.45) is 1.85. The Morgan fingerprint density at radius 3 is 3.08 bits per heavy atom. The molecule has 1 atom stereocenters. The average molecular weight is 254 g/mol. The van der Waals surface area contributed by atoms with E-state index in [0.717, 1.165) is 25.2 Å². The molecule has 12 heavy (non-hydrogen) atoms. The van der Waals surface area contributed by atoms with Gasteiger partial charge in [-0.1, -0.05) is 0 Å². The monoisotopic (exact) mass is 252 g/mol. The van der Waals surface area contributed by atoms with Crippen LogP contribution < -0.4 is 5.73 Å². The van der Waals surface area contributed by atoms with Gasteiger partial charge in [-0.05, 0) is 22.4 Å². The van der Waals surface area contributed by atoms with Crippen LogP contribution in [0, 0.1) is 0 Å². The predicted molar refractivity (Wildman–Crippen MR) is 51.3 cm³/mol. The number of aryl methyl sites for hydroxylation is 1. The fourth-order valence-corrected chi connectivity index (χ4v) is 1.69. The normalized spacial score (nSPS) is 21.3. The van der Waals surface area contributed by atoms with E-state index >= 15 is 0 Å². The van der Waals surface area contributed by atoms with Gasteiger partial charge in [0.1, 0.15) is 5.82 Å². The maximum atomic E-state index is 5.76. The van der Waals surface area contributed by atoms with Gasteiger partial charge in [0.15, 0.2) is 0 Å². The zero-order valence-electron chi connectivity index (χ0n) is 6.40. The molecule has 2 N–H and O–H groups in total. The Morgan fingerprint density at radius 1 is 1.58 bits per heavy atom. The van der Waals surface area contributed by atoms with Crippen LogP contribution in [-0.4, -0.2) is 20.8 Å². The molecule has 0 fully saturated rings. The quantitative estimate of drug-likeness (QED) is 0.742. The van der Waals surface area contributed by atoms with Crippen LogP contribution in [0.15, 0.2) is 4.73 Å². The van der Waals surface area contributed by atoms with E-state index in [2.05, 4.69) is 26.0 Å². The summed E-state index contributed by atoms with van der Waals surface area (Å²) < 4.78 is 2.58. The van der Waals surface area contributed by atoms with Gasteiger partial charge >= 0.3 is 0 Å². The lowest BCUT2D eigenvalue weighted by atomic mass is 10.1. The largest absolute Gasteiger partial charge is 0.327 e. The van der Waals surface area contributed by atoms with Crippen molar-refractivity contribution in [3.05, 3.63) is 10.6 Å². The highest BCUT2D eigenvalue weighted by molar-refractivity contribution is 9.10. The highest BCUT2D eigenvalue weighted by atomic mass is 79.9. The summed E-state index contributed by atoms with van der Waals surface area (Å²) in [5.74, 6) is 0.996. The topological polar surface area (TPSA) is 56.7 Å². The molecule has 6 heteroatoms. The fraction of sp³-hybridized carbons (Fsp3) is 0.667. The van der Waals surface area contributed by atoms with Crippen LogP contribution in [-0.2, 0) is 13.0 Å². The standard InChI is InChI=1S/C6H9BrN4.ClH/c7-6-9-5-3-4(8)1-2-11(5)10-6;/h4H,1-3,8H2;1H. The van der Waals surface area contributed by atoms with Gasteiger partial charge in [-0.25, -0.2) is 9.67 Å². The van der Waals surface area contributed by atoms with Gasteiger partial charge in [-0.3, -0.25) is 0 Å². The number of fused-ring (bicyclic) bond motifs is 1. The molecule has 0 saturated carbocycles. The molecule has 0 radical (unpaired) electrons. The lowest BCUT2D eigenvalue weighted by Crippen LogP contribution is -2.31. The smallest absolute Gasteiger partial charge is 0.217 e. The van der Waals surface area contributed by atoms with Crippen molar-refractivity contribution in [2.24, 2.45) is 5.73 Å². The van der Waals surface area contributed by atoms with Crippen molar-refractivity contribution >= 4 is 28.3 Å². The summed E-state index contributed by atoms with van der Waals surface area (Å²) in [5.41, 5.74) is 5.76. The van der Waals surface area contributed by atoms with Gasteiger partial charge in [-0.2, -0.15) is 0 Å². The number of nitrogens with zero attached hydrogens (tertiary/aromatic N) is 3. The molecule has 2 heterocycles. The summed E-state index contributed by atoms with van der Waals surface area (Å²) in [6.45, 7) is 0.898. The lowest BCUT2D eigenvalue weighted by molar-refractivity contribution is 0.432. The summed E-state index contributed by atoms with van der Waals surface area (Å²) in [5, 5.41) is 4.15.